The van der Waals surface area contributed by atoms with E-state index in [1.165, 1.54) is 30.4 Å². The second kappa shape index (κ2) is 5.51. The minimum Gasteiger partial charge on any atom is -0.497 e. The average Bonchev–Trinajstić information content (AvgIpc) is 2.41. The van der Waals surface area contributed by atoms with Crippen molar-refractivity contribution in [2.45, 2.75) is 38.3 Å². The Morgan fingerprint density at radius 1 is 1.37 bits per heavy atom. The molecule has 0 saturated carbocycles. The molecule has 0 spiro atoms. The zero-order valence-corrected chi connectivity index (χ0v) is 12.0. The number of fused-ring (bicyclic) bond motifs is 1. The maximum atomic E-state index is 5.36. The van der Waals surface area contributed by atoms with E-state index in [0.29, 0.717) is 6.04 Å². The van der Waals surface area contributed by atoms with Crippen LogP contribution in [0.4, 0.5) is 0 Å². The quantitative estimate of drug-likeness (QED) is 0.899. The van der Waals surface area contributed by atoms with E-state index in [-0.39, 0.29) is 0 Å². The van der Waals surface area contributed by atoms with E-state index in [0.717, 1.165) is 31.4 Å². The van der Waals surface area contributed by atoms with Crippen LogP contribution in [-0.4, -0.2) is 37.7 Å². The molecule has 3 nitrogen and oxygen atoms in total. The molecule has 1 aliphatic heterocycles. The Kier molecular flexibility index (Phi) is 3.76. The highest BCUT2D eigenvalue weighted by molar-refractivity contribution is 5.39. The summed E-state index contributed by atoms with van der Waals surface area (Å²) in [7, 11) is 1.75. The highest BCUT2D eigenvalue weighted by atomic mass is 16.5. The van der Waals surface area contributed by atoms with Crippen LogP contribution in [0.1, 0.15) is 36.9 Å². The van der Waals surface area contributed by atoms with Gasteiger partial charge >= 0.3 is 0 Å². The van der Waals surface area contributed by atoms with E-state index >= 15 is 0 Å². The zero-order valence-electron chi connectivity index (χ0n) is 12.0. The standard InChI is InChI=1S/C16H24N2O/c1-3-18(13-10-17-11-13)16-6-4-5-12-9-14(19-2)7-8-15(12)16/h7-9,13,16-17H,3-6,10-11H2,1-2H3. The van der Waals surface area contributed by atoms with Gasteiger partial charge in [0, 0.05) is 25.2 Å². The van der Waals surface area contributed by atoms with Crippen molar-refractivity contribution in [2.24, 2.45) is 0 Å². The van der Waals surface area contributed by atoms with Crippen molar-refractivity contribution in [2.75, 3.05) is 26.7 Å². The first-order chi connectivity index (χ1) is 9.33. The van der Waals surface area contributed by atoms with Crippen LogP contribution in [0.2, 0.25) is 0 Å². The third-order valence-electron chi connectivity index (χ3n) is 4.63. The van der Waals surface area contributed by atoms with Gasteiger partial charge in [0.1, 0.15) is 5.75 Å². The number of likely N-dealkylation sites (N-methyl/N-ethyl adjacent to an activating group) is 1. The predicted molar refractivity (Wildman–Crippen MR) is 77.7 cm³/mol. The van der Waals surface area contributed by atoms with Crippen molar-refractivity contribution >= 4 is 0 Å². The average molecular weight is 260 g/mol. The fraction of sp³-hybridized carbons (Fsp3) is 0.625. The molecule has 1 atom stereocenters. The highest BCUT2D eigenvalue weighted by Gasteiger charge is 2.32. The molecule has 2 aliphatic rings. The first-order valence-corrected chi connectivity index (χ1v) is 7.46. The van der Waals surface area contributed by atoms with Crippen molar-refractivity contribution < 1.29 is 4.74 Å². The van der Waals surface area contributed by atoms with Gasteiger partial charge in [0.15, 0.2) is 0 Å². The normalized spacial score (nSPS) is 23.0. The summed E-state index contributed by atoms with van der Waals surface area (Å²) in [6.07, 6.45) is 3.79. The summed E-state index contributed by atoms with van der Waals surface area (Å²) in [5.74, 6) is 0.993. The van der Waals surface area contributed by atoms with E-state index in [1.807, 2.05) is 0 Å². The molecule has 1 saturated heterocycles. The van der Waals surface area contributed by atoms with Crippen molar-refractivity contribution in [3.8, 4) is 5.75 Å². The molecule has 1 aromatic carbocycles. The fourth-order valence-electron chi connectivity index (χ4n) is 3.48. The number of nitrogens with zero attached hydrogens (tertiary/aromatic N) is 1. The van der Waals surface area contributed by atoms with Gasteiger partial charge in [-0.1, -0.05) is 13.0 Å². The molecule has 1 unspecified atom stereocenters. The van der Waals surface area contributed by atoms with Crippen LogP contribution in [0.15, 0.2) is 18.2 Å². The van der Waals surface area contributed by atoms with Crippen molar-refractivity contribution in [3.05, 3.63) is 29.3 Å². The molecule has 0 amide bonds. The lowest BCUT2D eigenvalue weighted by Gasteiger charge is -2.44. The second-order valence-electron chi connectivity index (χ2n) is 5.62. The van der Waals surface area contributed by atoms with Gasteiger partial charge in [0.2, 0.25) is 0 Å². The zero-order chi connectivity index (χ0) is 13.2. The van der Waals surface area contributed by atoms with E-state index in [9.17, 15) is 0 Å². The fourth-order valence-corrected chi connectivity index (χ4v) is 3.48. The number of aryl methyl sites for hydroxylation is 1. The number of nitrogens with one attached hydrogen (secondary N) is 1. The van der Waals surface area contributed by atoms with E-state index in [4.69, 9.17) is 4.74 Å². The van der Waals surface area contributed by atoms with Crippen LogP contribution in [0, 0.1) is 0 Å². The molecule has 0 aromatic heterocycles. The molecular weight excluding hydrogens is 236 g/mol. The van der Waals surface area contributed by atoms with Crippen LogP contribution in [-0.2, 0) is 6.42 Å². The van der Waals surface area contributed by atoms with Gasteiger partial charge in [-0.25, -0.2) is 0 Å². The van der Waals surface area contributed by atoms with E-state index in [1.54, 1.807) is 7.11 Å². The summed E-state index contributed by atoms with van der Waals surface area (Å²) in [4.78, 5) is 2.68. The van der Waals surface area contributed by atoms with Gasteiger partial charge in [0.05, 0.1) is 7.11 Å². The number of rotatable bonds is 4. The monoisotopic (exact) mass is 260 g/mol. The van der Waals surface area contributed by atoms with Gasteiger partial charge in [-0.15, -0.1) is 0 Å². The summed E-state index contributed by atoms with van der Waals surface area (Å²) >= 11 is 0. The summed E-state index contributed by atoms with van der Waals surface area (Å²) in [6.45, 7) is 5.73. The Bertz CT molecular complexity index is 442. The molecule has 19 heavy (non-hydrogen) atoms. The molecule has 1 heterocycles. The number of benzene rings is 1. The summed E-state index contributed by atoms with van der Waals surface area (Å²) in [5.41, 5.74) is 3.02. The van der Waals surface area contributed by atoms with E-state index < -0.39 is 0 Å². The van der Waals surface area contributed by atoms with Crippen molar-refractivity contribution in [1.29, 1.82) is 0 Å². The Morgan fingerprint density at radius 2 is 2.21 bits per heavy atom. The van der Waals surface area contributed by atoms with Gasteiger partial charge in [-0.2, -0.15) is 0 Å². The SMILES string of the molecule is CCN(C1CNC1)C1CCCc2cc(OC)ccc21. The molecule has 1 aliphatic carbocycles. The summed E-state index contributed by atoms with van der Waals surface area (Å²) in [6, 6.07) is 7.96. The van der Waals surface area contributed by atoms with E-state index in [2.05, 4.69) is 35.3 Å². The Morgan fingerprint density at radius 3 is 2.84 bits per heavy atom. The first-order valence-electron chi connectivity index (χ1n) is 7.46. The van der Waals surface area contributed by atoms with Crippen LogP contribution >= 0.6 is 0 Å². The number of hydrogen-bond acceptors (Lipinski definition) is 3. The molecule has 104 valence electrons. The third kappa shape index (κ3) is 2.37. The first kappa shape index (κ1) is 12.9. The Labute approximate surface area is 115 Å². The minimum absolute atomic E-state index is 0.603. The Hall–Kier alpha value is -1.06. The number of methoxy groups -OCH3 is 1. The van der Waals surface area contributed by atoms with Crippen LogP contribution in [0.3, 0.4) is 0 Å². The van der Waals surface area contributed by atoms with Gasteiger partial charge in [-0.3, -0.25) is 4.90 Å². The molecule has 1 fully saturated rings. The van der Waals surface area contributed by atoms with Crippen molar-refractivity contribution in [3.63, 3.8) is 0 Å². The highest BCUT2D eigenvalue weighted by Crippen LogP contribution is 2.37. The predicted octanol–water partition coefficient (Wildman–Crippen LogP) is 2.37. The Balaban J connectivity index is 1.88. The minimum atomic E-state index is 0.603. The number of hydrogen-bond donors (Lipinski definition) is 1. The summed E-state index contributed by atoms with van der Waals surface area (Å²) < 4.78 is 5.36. The second-order valence-corrected chi connectivity index (χ2v) is 5.62. The van der Waals surface area contributed by atoms with Crippen LogP contribution in [0.5, 0.6) is 5.75 Å². The molecule has 1 N–H and O–H groups in total. The molecule has 3 rings (SSSR count). The van der Waals surface area contributed by atoms with Crippen molar-refractivity contribution in [1.82, 2.24) is 10.2 Å². The van der Waals surface area contributed by atoms with Gasteiger partial charge in [-0.05, 0) is 49.1 Å². The topological polar surface area (TPSA) is 24.5 Å². The number of ether oxygens (including phenoxy) is 1. The molecular formula is C16H24N2O. The molecule has 0 radical (unpaired) electrons. The lowest BCUT2D eigenvalue weighted by molar-refractivity contribution is 0.0906. The maximum absolute atomic E-state index is 5.36. The van der Waals surface area contributed by atoms with Crippen LogP contribution < -0.4 is 10.1 Å². The maximum Gasteiger partial charge on any atom is 0.119 e. The van der Waals surface area contributed by atoms with Crippen LogP contribution in [0.25, 0.3) is 0 Å². The molecule has 0 bridgehead atoms. The smallest absolute Gasteiger partial charge is 0.119 e. The largest absolute Gasteiger partial charge is 0.497 e. The molecule has 1 aromatic rings. The summed E-state index contributed by atoms with van der Waals surface area (Å²) in [5, 5.41) is 3.40. The lowest BCUT2D eigenvalue weighted by atomic mass is 9.85. The third-order valence-corrected chi connectivity index (χ3v) is 4.63. The van der Waals surface area contributed by atoms with Gasteiger partial charge < -0.3 is 10.1 Å². The molecule has 3 heteroatoms. The lowest BCUT2D eigenvalue weighted by Crippen LogP contribution is -2.58. The van der Waals surface area contributed by atoms with Gasteiger partial charge in [0.25, 0.3) is 0 Å².